The Morgan fingerprint density at radius 2 is 2.27 bits per heavy atom. The van der Waals surface area contributed by atoms with E-state index in [1.807, 2.05) is 4.90 Å². The second kappa shape index (κ2) is 4.44. The standard InChI is InChI=1S/C10H16N4O/c1-13-3-2-4-14(6-5-13)10(15)9-7-11-12-8-9/h7-8H,2-6H2,1H3,(H,11,12). The Balaban J connectivity index is 2.01. The zero-order valence-electron chi connectivity index (χ0n) is 8.94. The van der Waals surface area contributed by atoms with Gasteiger partial charge in [0.15, 0.2) is 0 Å². The van der Waals surface area contributed by atoms with Crippen molar-refractivity contribution in [3.63, 3.8) is 0 Å². The van der Waals surface area contributed by atoms with E-state index in [2.05, 4.69) is 22.1 Å². The first-order valence-electron chi connectivity index (χ1n) is 5.24. The SMILES string of the molecule is CN1CCCN(C(=O)c2cn[nH]c2)CC1. The van der Waals surface area contributed by atoms with E-state index < -0.39 is 0 Å². The molecule has 0 spiro atoms. The van der Waals surface area contributed by atoms with E-state index in [-0.39, 0.29) is 5.91 Å². The Morgan fingerprint density at radius 1 is 1.40 bits per heavy atom. The highest BCUT2D eigenvalue weighted by Crippen LogP contribution is 2.06. The monoisotopic (exact) mass is 208 g/mol. The van der Waals surface area contributed by atoms with Gasteiger partial charge < -0.3 is 9.80 Å². The van der Waals surface area contributed by atoms with Crippen LogP contribution >= 0.6 is 0 Å². The number of nitrogens with one attached hydrogen (secondary N) is 1. The van der Waals surface area contributed by atoms with Crippen LogP contribution in [0, 0.1) is 0 Å². The third-order valence-corrected chi connectivity index (χ3v) is 2.75. The maximum atomic E-state index is 12.0. The lowest BCUT2D eigenvalue weighted by Crippen LogP contribution is -2.34. The lowest BCUT2D eigenvalue weighted by atomic mass is 10.3. The second-order valence-corrected chi connectivity index (χ2v) is 3.94. The number of aromatic amines is 1. The van der Waals surface area contributed by atoms with Gasteiger partial charge in [0.25, 0.3) is 5.91 Å². The summed E-state index contributed by atoms with van der Waals surface area (Å²) in [7, 11) is 2.09. The molecule has 0 saturated carbocycles. The highest BCUT2D eigenvalue weighted by Gasteiger charge is 2.19. The maximum Gasteiger partial charge on any atom is 0.257 e. The van der Waals surface area contributed by atoms with Crippen molar-refractivity contribution < 1.29 is 4.79 Å². The number of carbonyl (C=O) groups excluding carboxylic acids is 1. The van der Waals surface area contributed by atoms with E-state index in [1.54, 1.807) is 12.4 Å². The van der Waals surface area contributed by atoms with Gasteiger partial charge >= 0.3 is 0 Å². The normalized spacial score (nSPS) is 18.9. The molecule has 0 atom stereocenters. The smallest absolute Gasteiger partial charge is 0.257 e. The van der Waals surface area contributed by atoms with E-state index in [9.17, 15) is 4.79 Å². The summed E-state index contributed by atoms with van der Waals surface area (Å²) in [5, 5.41) is 6.46. The van der Waals surface area contributed by atoms with Crippen molar-refractivity contribution >= 4 is 5.91 Å². The van der Waals surface area contributed by atoms with Crippen molar-refractivity contribution in [3.05, 3.63) is 18.0 Å². The molecule has 1 saturated heterocycles. The maximum absolute atomic E-state index is 12.0. The fourth-order valence-corrected chi connectivity index (χ4v) is 1.80. The van der Waals surface area contributed by atoms with E-state index in [1.165, 1.54) is 0 Å². The summed E-state index contributed by atoms with van der Waals surface area (Å²) in [5.74, 6) is 0.0825. The van der Waals surface area contributed by atoms with Gasteiger partial charge in [0.05, 0.1) is 11.8 Å². The molecular formula is C10H16N4O. The molecule has 0 unspecified atom stereocenters. The van der Waals surface area contributed by atoms with Crippen LogP contribution in [0.15, 0.2) is 12.4 Å². The van der Waals surface area contributed by atoms with Gasteiger partial charge in [-0.25, -0.2) is 0 Å². The predicted octanol–water partition coefficient (Wildman–Crippen LogP) is 0.187. The van der Waals surface area contributed by atoms with Gasteiger partial charge in [0, 0.05) is 25.8 Å². The van der Waals surface area contributed by atoms with Crippen LogP contribution < -0.4 is 0 Å². The van der Waals surface area contributed by atoms with Crippen molar-refractivity contribution in [3.8, 4) is 0 Å². The zero-order valence-corrected chi connectivity index (χ0v) is 8.94. The molecule has 1 amide bonds. The Kier molecular flexibility index (Phi) is 3.01. The molecule has 1 fully saturated rings. The summed E-state index contributed by atoms with van der Waals surface area (Å²) in [4.78, 5) is 16.1. The Bertz CT molecular complexity index is 322. The fraction of sp³-hybridized carbons (Fsp3) is 0.600. The Hall–Kier alpha value is -1.36. The van der Waals surface area contributed by atoms with Crippen LogP contribution in [0.25, 0.3) is 0 Å². The quantitative estimate of drug-likeness (QED) is 0.716. The molecular weight excluding hydrogens is 192 g/mol. The number of hydrogen-bond acceptors (Lipinski definition) is 3. The van der Waals surface area contributed by atoms with Crippen LogP contribution in [-0.4, -0.2) is 59.1 Å². The van der Waals surface area contributed by atoms with Gasteiger partial charge in [-0.3, -0.25) is 9.89 Å². The third-order valence-electron chi connectivity index (χ3n) is 2.75. The van der Waals surface area contributed by atoms with Crippen LogP contribution in [0.4, 0.5) is 0 Å². The molecule has 15 heavy (non-hydrogen) atoms. The Morgan fingerprint density at radius 3 is 3.00 bits per heavy atom. The predicted molar refractivity (Wildman–Crippen MR) is 56.6 cm³/mol. The minimum absolute atomic E-state index is 0.0825. The molecule has 82 valence electrons. The molecule has 2 heterocycles. The van der Waals surface area contributed by atoms with E-state index in [0.717, 1.165) is 32.6 Å². The summed E-state index contributed by atoms with van der Waals surface area (Å²) < 4.78 is 0. The van der Waals surface area contributed by atoms with Gasteiger partial charge in [-0.2, -0.15) is 5.10 Å². The summed E-state index contributed by atoms with van der Waals surface area (Å²) in [5.41, 5.74) is 0.652. The molecule has 1 N–H and O–H groups in total. The number of carbonyl (C=O) groups is 1. The molecule has 2 rings (SSSR count). The van der Waals surface area contributed by atoms with E-state index in [0.29, 0.717) is 5.56 Å². The molecule has 0 aliphatic carbocycles. The number of likely N-dealkylation sites (N-methyl/N-ethyl adjacent to an activating group) is 1. The Labute approximate surface area is 89.1 Å². The minimum atomic E-state index is 0.0825. The van der Waals surface area contributed by atoms with E-state index in [4.69, 9.17) is 0 Å². The molecule has 0 aromatic carbocycles. The van der Waals surface area contributed by atoms with Crippen molar-refractivity contribution in [1.29, 1.82) is 0 Å². The lowest BCUT2D eigenvalue weighted by molar-refractivity contribution is 0.0763. The summed E-state index contributed by atoms with van der Waals surface area (Å²) in [6.07, 6.45) is 4.27. The first kappa shape index (κ1) is 10.2. The van der Waals surface area contributed by atoms with Crippen molar-refractivity contribution in [2.45, 2.75) is 6.42 Å². The molecule has 5 nitrogen and oxygen atoms in total. The average Bonchev–Trinajstić information content (AvgIpc) is 2.67. The zero-order chi connectivity index (χ0) is 10.7. The van der Waals surface area contributed by atoms with Crippen LogP contribution in [-0.2, 0) is 0 Å². The third kappa shape index (κ3) is 2.36. The number of rotatable bonds is 1. The van der Waals surface area contributed by atoms with E-state index >= 15 is 0 Å². The van der Waals surface area contributed by atoms with Crippen LogP contribution in [0.5, 0.6) is 0 Å². The number of nitrogens with zero attached hydrogens (tertiary/aromatic N) is 3. The second-order valence-electron chi connectivity index (χ2n) is 3.94. The molecule has 1 aliphatic heterocycles. The first-order valence-corrected chi connectivity index (χ1v) is 5.24. The lowest BCUT2D eigenvalue weighted by Gasteiger charge is -2.19. The van der Waals surface area contributed by atoms with Crippen LogP contribution in [0.2, 0.25) is 0 Å². The van der Waals surface area contributed by atoms with Gasteiger partial charge in [-0.1, -0.05) is 0 Å². The fourth-order valence-electron chi connectivity index (χ4n) is 1.80. The van der Waals surface area contributed by atoms with Crippen LogP contribution in [0.1, 0.15) is 16.8 Å². The van der Waals surface area contributed by atoms with Crippen molar-refractivity contribution in [2.75, 3.05) is 33.2 Å². The highest BCUT2D eigenvalue weighted by atomic mass is 16.2. The summed E-state index contributed by atoms with van der Waals surface area (Å²) in [6.45, 7) is 3.66. The minimum Gasteiger partial charge on any atom is -0.337 e. The first-order chi connectivity index (χ1) is 7.27. The molecule has 1 aliphatic rings. The molecule has 0 radical (unpaired) electrons. The van der Waals surface area contributed by atoms with Crippen LogP contribution in [0.3, 0.4) is 0 Å². The van der Waals surface area contributed by atoms with Gasteiger partial charge in [-0.15, -0.1) is 0 Å². The number of H-pyrrole nitrogens is 1. The van der Waals surface area contributed by atoms with Gasteiger partial charge in [0.2, 0.25) is 0 Å². The molecule has 5 heteroatoms. The molecule has 1 aromatic heterocycles. The van der Waals surface area contributed by atoms with Crippen molar-refractivity contribution in [2.24, 2.45) is 0 Å². The van der Waals surface area contributed by atoms with Crippen molar-refractivity contribution in [1.82, 2.24) is 20.0 Å². The largest absolute Gasteiger partial charge is 0.337 e. The topological polar surface area (TPSA) is 52.2 Å². The average molecular weight is 208 g/mol. The van der Waals surface area contributed by atoms with Gasteiger partial charge in [-0.05, 0) is 20.0 Å². The molecule has 1 aromatic rings. The van der Waals surface area contributed by atoms with Gasteiger partial charge in [0.1, 0.15) is 0 Å². The summed E-state index contributed by atoms with van der Waals surface area (Å²) >= 11 is 0. The highest BCUT2D eigenvalue weighted by molar-refractivity contribution is 5.93. The number of amides is 1. The number of aromatic nitrogens is 2. The number of hydrogen-bond donors (Lipinski definition) is 1. The molecule has 0 bridgehead atoms. The summed E-state index contributed by atoms with van der Waals surface area (Å²) in [6, 6.07) is 0.